The van der Waals surface area contributed by atoms with Crippen LogP contribution in [0, 0.1) is 5.82 Å². The van der Waals surface area contributed by atoms with E-state index in [4.69, 9.17) is 0 Å². The zero-order valence-corrected chi connectivity index (χ0v) is 20.9. The second-order valence-corrected chi connectivity index (χ2v) is 9.93. The molecule has 0 saturated carbocycles. The number of amides is 1. The van der Waals surface area contributed by atoms with E-state index < -0.39 is 11.9 Å². The second-order valence-electron chi connectivity index (χ2n) is 8.01. The van der Waals surface area contributed by atoms with Crippen molar-refractivity contribution in [3.63, 3.8) is 0 Å². The molecule has 1 aliphatic heterocycles. The summed E-state index contributed by atoms with van der Waals surface area (Å²) in [5.41, 5.74) is 2.70. The zero-order valence-electron chi connectivity index (χ0n) is 18.5. The number of hydrogen-bond acceptors (Lipinski definition) is 4. The summed E-state index contributed by atoms with van der Waals surface area (Å²) in [5, 5.41) is 2.90. The Bertz CT molecular complexity index is 1620. The molecule has 1 unspecified atom stereocenters. The van der Waals surface area contributed by atoms with Gasteiger partial charge in [-0.25, -0.2) is 9.38 Å². The SMILES string of the molecule is CC1=C(C(=O)Nc2ccccc2)C(c2ccc(F)cc2)n2c(sc(=Cc3ccc(Br)cc3)c2=O)=N1. The van der Waals surface area contributed by atoms with Crippen molar-refractivity contribution < 1.29 is 9.18 Å². The Balaban J connectivity index is 1.67. The number of fused-ring (bicyclic) bond motifs is 1. The molecule has 0 saturated heterocycles. The number of halogens is 2. The van der Waals surface area contributed by atoms with Crippen molar-refractivity contribution in [1.29, 1.82) is 0 Å². The van der Waals surface area contributed by atoms with Crippen LogP contribution >= 0.6 is 27.3 Å². The average molecular weight is 548 g/mol. The fraction of sp³-hybridized carbons (Fsp3) is 0.0741. The number of carbonyl (C=O) groups is 1. The van der Waals surface area contributed by atoms with Crippen LogP contribution in [0.4, 0.5) is 10.1 Å². The van der Waals surface area contributed by atoms with E-state index in [2.05, 4.69) is 26.2 Å². The molecule has 5 nitrogen and oxygen atoms in total. The van der Waals surface area contributed by atoms with Crippen molar-refractivity contribution in [1.82, 2.24) is 4.57 Å². The maximum Gasteiger partial charge on any atom is 0.271 e. The van der Waals surface area contributed by atoms with Crippen molar-refractivity contribution in [3.8, 4) is 0 Å². The van der Waals surface area contributed by atoms with Gasteiger partial charge in [-0.1, -0.05) is 69.7 Å². The maximum atomic E-state index is 13.7. The summed E-state index contributed by atoms with van der Waals surface area (Å²) >= 11 is 4.68. The maximum absolute atomic E-state index is 13.7. The van der Waals surface area contributed by atoms with Crippen LogP contribution < -0.4 is 20.2 Å². The van der Waals surface area contributed by atoms with Crippen LogP contribution in [-0.4, -0.2) is 10.5 Å². The van der Waals surface area contributed by atoms with Crippen LogP contribution in [0.5, 0.6) is 0 Å². The summed E-state index contributed by atoms with van der Waals surface area (Å²) in [6.07, 6.45) is 1.81. The van der Waals surface area contributed by atoms with Gasteiger partial charge in [-0.05, 0) is 60.5 Å². The molecule has 35 heavy (non-hydrogen) atoms. The lowest BCUT2D eigenvalue weighted by atomic mass is 9.95. The minimum absolute atomic E-state index is 0.261. The fourth-order valence-electron chi connectivity index (χ4n) is 4.00. The molecule has 4 aromatic rings. The number of carbonyl (C=O) groups excluding carboxylic acids is 1. The smallest absolute Gasteiger partial charge is 0.271 e. The van der Waals surface area contributed by atoms with E-state index in [1.54, 1.807) is 37.3 Å². The highest BCUT2D eigenvalue weighted by atomic mass is 79.9. The summed E-state index contributed by atoms with van der Waals surface area (Å²) in [4.78, 5) is 32.2. The summed E-state index contributed by atoms with van der Waals surface area (Å²) in [6.45, 7) is 1.75. The molecular weight excluding hydrogens is 529 g/mol. The van der Waals surface area contributed by atoms with Crippen molar-refractivity contribution in [2.45, 2.75) is 13.0 Å². The number of aromatic nitrogens is 1. The third-order valence-corrected chi connectivity index (χ3v) is 7.16. The Morgan fingerprint density at radius 2 is 1.74 bits per heavy atom. The van der Waals surface area contributed by atoms with Gasteiger partial charge in [0.2, 0.25) is 0 Å². The summed E-state index contributed by atoms with van der Waals surface area (Å²) in [6, 6.07) is 21.8. The van der Waals surface area contributed by atoms with Gasteiger partial charge in [0.15, 0.2) is 4.80 Å². The predicted octanol–water partition coefficient (Wildman–Crippen LogP) is 4.78. The summed E-state index contributed by atoms with van der Waals surface area (Å²) in [7, 11) is 0. The lowest BCUT2D eigenvalue weighted by Crippen LogP contribution is -2.40. The van der Waals surface area contributed by atoms with Crippen molar-refractivity contribution in [2.24, 2.45) is 4.99 Å². The van der Waals surface area contributed by atoms with E-state index >= 15 is 0 Å². The van der Waals surface area contributed by atoms with Gasteiger partial charge in [0.25, 0.3) is 11.5 Å². The Labute approximate surface area is 212 Å². The molecule has 174 valence electrons. The molecular formula is C27H19BrFN3O2S. The number of hydrogen-bond donors (Lipinski definition) is 1. The monoisotopic (exact) mass is 547 g/mol. The van der Waals surface area contributed by atoms with Crippen molar-refractivity contribution >= 4 is 44.9 Å². The quantitative estimate of drug-likeness (QED) is 0.399. The first-order valence-electron chi connectivity index (χ1n) is 10.8. The Hall–Kier alpha value is -3.62. The number of nitrogens with one attached hydrogen (secondary N) is 1. The zero-order chi connectivity index (χ0) is 24.5. The average Bonchev–Trinajstić information content (AvgIpc) is 3.15. The van der Waals surface area contributed by atoms with Gasteiger partial charge in [0.05, 0.1) is 21.8 Å². The molecule has 0 radical (unpaired) electrons. The van der Waals surface area contributed by atoms with Gasteiger partial charge in [-0.3, -0.25) is 14.2 Å². The highest BCUT2D eigenvalue weighted by Gasteiger charge is 2.32. The lowest BCUT2D eigenvalue weighted by Gasteiger charge is -2.25. The van der Waals surface area contributed by atoms with Gasteiger partial charge in [-0.15, -0.1) is 0 Å². The third kappa shape index (κ3) is 4.67. The molecule has 1 N–H and O–H groups in total. The minimum atomic E-state index is -0.748. The molecule has 0 aliphatic carbocycles. The highest BCUT2D eigenvalue weighted by molar-refractivity contribution is 9.10. The highest BCUT2D eigenvalue weighted by Crippen LogP contribution is 2.31. The number of allylic oxidation sites excluding steroid dienone is 1. The molecule has 1 amide bonds. The third-order valence-electron chi connectivity index (χ3n) is 5.65. The number of nitrogens with zero attached hydrogens (tertiary/aromatic N) is 2. The summed E-state index contributed by atoms with van der Waals surface area (Å²) in [5.74, 6) is -0.763. The summed E-state index contributed by atoms with van der Waals surface area (Å²) < 4.78 is 16.7. The topological polar surface area (TPSA) is 63.5 Å². The molecule has 0 bridgehead atoms. The second kappa shape index (κ2) is 9.56. The Kier molecular flexibility index (Phi) is 6.32. The molecule has 0 fully saturated rings. The van der Waals surface area contributed by atoms with Gasteiger partial charge < -0.3 is 5.32 Å². The van der Waals surface area contributed by atoms with Gasteiger partial charge in [0.1, 0.15) is 5.82 Å². The fourth-order valence-corrected chi connectivity index (χ4v) is 5.31. The van der Waals surface area contributed by atoms with E-state index in [1.165, 1.54) is 28.0 Å². The number of para-hydroxylation sites is 1. The Morgan fingerprint density at radius 3 is 2.43 bits per heavy atom. The van der Waals surface area contributed by atoms with Crippen LogP contribution in [0.15, 0.2) is 104 Å². The first-order valence-corrected chi connectivity index (χ1v) is 12.4. The van der Waals surface area contributed by atoms with E-state index in [0.29, 0.717) is 31.9 Å². The first kappa shape index (κ1) is 23.1. The molecule has 1 aromatic heterocycles. The molecule has 0 spiro atoms. The molecule has 8 heteroatoms. The standard InChI is InChI=1S/C27H19BrFN3O2S/c1-16-23(25(33)31-21-5-3-2-4-6-21)24(18-9-13-20(29)14-10-18)32-26(34)22(35-27(32)30-16)15-17-7-11-19(28)12-8-17/h2-15,24H,1H3,(H,31,33). The predicted molar refractivity (Wildman–Crippen MR) is 139 cm³/mol. The van der Waals surface area contributed by atoms with Crippen LogP contribution in [0.1, 0.15) is 24.1 Å². The van der Waals surface area contributed by atoms with E-state index in [1.807, 2.05) is 42.5 Å². The van der Waals surface area contributed by atoms with Gasteiger partial charge in [0, 0.05) is 10.2 Å². The van der Waals surface area contributed by atoms with E-state index in [9.17, 15) is 14.0 Å². The molecule has 5 rings (SSSR count). The van der Waals surface area contributed by atoms with Crippen LogP contribution in [0.25, 0.3) is 6.08 Å². The largest absolute Gasteiger partial charge is 0.322 e. The van der Waals surface area contributed by atoms with Gasteiger partial charge >= 0.3 is 0 Å². The number of benzene rings is 3. The van der Waals surface area contributed by atoms with E-state index in [-0.39, 0.29) is 11.5 Å². The van der Waals surface area contributed by atoms with Gasteiger partial charge in [-0.2, -0.15) is 0 Å². The Morgan fingerprint density at radius 1 is 1.06 bits per heavy atom. The normalized spacial score (nSPS) is 15.5. The number of thiazole rings is 1. The lowest BCUT2D eigenvalue weighted by molar-refractivity contribution is -0.113. The number of anilines is 1. The van der Waals surface area contributed by atoms with Crippen LogP contribution in [-0.2, 0) is 4.79 Å². The molecule has 2 heterocycles. The van der Waals surface area contributed by atoms with Crippen molar-refractivity contribution in [3.05, 3.63) is 131 Å². The minimum Gasteiger partial charge on any atom is -0.322 e. The van der Waals surface area contributed by atoms with Crippen LogP contribution in [0.3, 0.4) is 0 Å². The van der Waals surface area contributed by atoms with Crippen molar-refractivity contribution in [2.75, 3.05) is 5.32 Å². The number of rotatable bonds is 4. The molecule has 1 atom stereocenters. The first-order chi connectivity index (χ1) is 16.9. The molecule has 3 aromatic carbocycles. The van der Waals surface area contributed by atoms with Crippen LogP contribution in [0.2, 0.25) is 0 Å². The van der Waals surface area contributed by atoms with E-state index in [0.717, 1.165) is 10.0 Å². The molecule has 1 aliphatic rings.